The van der Waals surface area contributed by atoms with Gasteiger partial charge in [-0.1, -0.05) is 12.1 Å². The predicted octanol–water partition coefficient (Wildman–Crippen LogP) is 3.26. The molecular formula is C16H12F4N2O. The monoisotopic (exact) mass is 324 g/mol. The standard InChI is InChI=1S/C16H12F4N2O/c17-11-5-7-12(8-6-11)22-14(13(21)15(22)23)9-1-3-10(4-2-9)16(18,19)20/h1-8,13-14H,21H2/t13-,14+/m1/s1. The summed E-state index contributed by atoms with van der Waals surface area (Å²) in [5.41, 5.74) is 5.96. The Hall–Kier alpha value is -2.41. The van der Waals surface area contributed by atoms with Crippen molar-refractivity contribution in [3.63, 3.8) is 0 Å². The fourth-order valence-corrected chi connectivity index (χ4v) is 2.63. The Morgan fingerprint density at radius 2 is 1.52 bits per heavy atom. The van der Waals surface area contributed by atoms with Crippen molar-refractivity contribution in [3.05, 3.63) is 65.5 Å². The molecule has 1 saturated heterocycles. The maximum Gasteiger partial charge on any atom is 0.416 e. The Balaban J connectivity index is 1.91. The van der Waals surface area contributed by atoms with Gasteiger partial charge in [0, 0.05) is 5.69 Å². The topological polar surface area (TPSA) is 46.3 Å². The number of alkyl halides is 3. The van der Waals surface area contributed by atoms with Crippen LogP contribution in [0.3, 0.4) is 0 Å². The second-order valence-corrected chi connectivity index (χ2v) is 5.28. The normalized spacial score (nSPS) is 21.3. The van der Waals surface area contributed by atoms with Gasteiger partial charge >= 0.3 is 6.18 Å². The van der Waals surface area contributed by atoms with Crippen molar-refractivity contribution < 1.29 is 22.4 Å². The first-order valence-electron chi connectivity index (χ1n) is 6.80. The molecule has 0 spiro atoms. The van der Waals surface area contributed by atoms with E-state index in [2.05, 4.69) is 0 Å². The van der Waals surface area contributed by atoms with Crippen molar-refractivity contribution in [2.24, 2.45) is 5.73 Å². The van der Waals surface area contributed by atoms with Crippen molar-refractivity contribution in [2.45, 2.75) is 18.3 Å². The largest absolute Gasteiger partial charge is 0.416 e. The van der Waals surface area contributed by atoms with Gasteiger partial charge < -0.3 is 10.6 Å². The van der Waals surface area contributed by atoms with E-state index in [1.54, 1.807) is 0 Å². The highest BCUT2D eigenvalue weighted by atomic mass is 19.4. The summed E-state index contributed by atoms with van der Waals surface area (Å²) in [5.74, 6) is -0.807. The molecule has 0 unspecified atom stereocenters. The zero-order chi connectivity index (χ0) is 16.8. The molecule has 0 saturated carbocycles. The van der Waals surface area contributed by atoms with Gasteiger partial charge in [-0.3, -0.25) is 4.79 Å². The van der Waals surface area contributed by atoms with Crippen LogP contribution in [0.1, 0.15) is 17.2 Å². The van der Waals surface area contributed by atoms with Gasteiger partial charge in [-0.15, -0.1) is 0 Å². The number of rotatable bonds is 2. The second-order valence-electron chi connectivity index (χ2n) is 5.28. The molecule has 0 aromatic heterocycles. The van der Waals surface area contributed by atoms with Crippen molar-refractivity contribution >= 4 is 11.6 Å². The third-order valence-electron chi connectivity index (χ3n) is 3.83. The summed E-state index contributed by atoms with van der Waals surface area (Å²) in [6.07, 6.45) is -4.42. The van der Waals surface area contributed by atoms with Crippen LogP contribution in [0.4, 0.5) is 23.2 Å². The van der Waals surface area contributed by atoms with E-state index < -0.39 is 29.6 Å². The minimum absolute atomic E-state index is 0.360. The molecule has 1 fully saturated rings. The Morgan fingerprint density at radius 3 is 2.04 bits per heavy atom. The lowest BCUT2D eigenvalue weighted by atomic mass is 9.88. The Kier molecular flexibility index (Phi) is 3.60. The molecule has 23 heavy (non-hydrogen) atoms. The number of benzene rings is 2. The van der Waals surface area contributed by atoms with Crippen LogP contribution in [0, 0.1) is 5.82 Å². The maximum atomic E-state index is 13.0. The minimum atomic E-state index is -4.42. The fourth-order valence-electron chi connectivity index (χ4n) is 2.63. The third kappa shape index (κ3) is 2.68. The number of amides is 1. The van der Waals surface area contributed by atoms with Crippen LogP contribution in [0.2, 0.25) is 0 Å². The number of carbonyl (C=O) groups excluding carboxylic acids is 1. The van der Waals surface area contributed by atoms with Crippen LogP contribution in [0.15, 0.2) is 48.5 Å². The van der Waals surface area contributed by atoms with E-state index in [0.29, 0.717) is 11.3 Å². The highest BCUT2D eigenvalue weighted by molar-refractivity contribution is 6.05. The molecule has 2 aromatic rings. The number of hydrogen-bond donors (Lipinski definition) is 1. The lowest BCUT2D eigenvalue weighted by Gasteiger charge is -2.45. The molecule has 1 aliphatic rings. The Labute approximate surface area is 129 Å². The van der Waals surface area contributed by atoms with Crippen LogP contribution in [0.25, 0.3) is 0 Å². The Bertz CT molecular complexity index is 725. The molecule has 120 valence electrons. The summed E-state index contributed by atoms with van der Waals surface area (Å²) in [7, 11) is 0. The summed E-state index contributed by atoms with van der Waals surface area (Å²) in [4.78, 5) is 13.3. The van der Waals surface area contributed by atoms with Crippen LogP contribution in [-0.4, -0.2) is 11.9 Å². The number of anilines is 1. The molecule has 1 heterocycles. The minimum Gasteiger partial charge on any atom is -0.318 e. The molecule has 2 atom stereocenters. The molecule has 0 radical (unpaired) electrons. The molecule has 7 heteroatoms. The zero-order valence-corrected chi connectivity index (χ0v) is 11.7. The van der Waals surface area contributed by atoms with Gasteiger partial charge in [0.25, 0.3) is 0 Å². The van der Waals surface area contributed by atoms with Crippen molar-refractivity contribution in [1.82, 2.24) is 0 Å². The average Bonchev–Trinajstić information content (AvgIpc) is 2.52. The summed E-state index contributed by atoms with van der Waals surface area (Å²) >= 11 is 0. The molecule has 0 aliphatic carbocycles. The number of halogens is 4. The molecule has 2 aromatic carbocycles. The first kappa shape index (κ1) is 15.5. The number of nitrogens with zero attached hydrogens (tertiary/aromatic N) is 1. The van der Waals surface area contributed by atoms with Gasteiger partial charge in [-0.05, 0) is 42.0 Å². The lowest BCUT2D eigenvalue weighted by Crippen LogP contribution is -2.63. The quantitative estimate of drug-likeness (QED) is 0.681. The molecular weight excluding hydrogens is 312 g/mol. The van der Waals surface area contributed by atoms with Gasteiger partial charge in [0.05, 0.1) is 11.6 Å². The van der Waals surface area contributed by atoms with Crippen LogP contribution >= 0.6 is 0 Å². The van der Waals surface area contributed by atoms with Gasteiger partial charge in [0.1, 0.15) is 11.9 Å². The van der Waals surface area contributed by atoms with E-state index in [0.717, 1.165) is 12.1 Å². The van der Waals surface area contributed by atoms with E-state index in [1.165, 1.54) is 41.3 Å². The number of β-lactam (4-membered cyclic amide) rings is 1. The summed E-state index contributed by atoms with van der Waals surface area (Å²) in [5, 5.41) is 0. The number of nitrogens with two attached hydrogens (primary N) is 1. The SMILES string of the molecule is N[C@H]1C(=O)N(c2ccc(F)cc2)[C@H]1c1ccc(C(F)(F)F)cc1. The molecule has 3 rings (SSSR count). The van der Waals surface area contributed by atoms with Crippen LogP contribution in [0.5, 0.6) is 0 Å². The highest BCUT2D eigenvalue weighted by Crippen LogP contribution is 2.39. The van der Waals surface area contributed by atoms with E-state index in [4.69, 9.17) is 5.73 Å². The molecule has 0 bridgehead atoms. The molecule has 1 aliphatic heterocycles. The van der Waals surface area contributed by atoms with Gasteiger partial charge in [-0.2, -0.15) is 13.2 Å². The molecule has 1 amide bonds. The lowest BCUT2D eigenvalue weighted by molar-refractivity contribution is -0.137. The zero-order valence-electron chi connectivity index (χ0n) is 11.7. The number of hydrogen-bond acceptors (Lipinski definition) is 2. The molecule has 3 nitrogen and oxygen atoms in total. The average molecular weight is 324 g/mol. The highest BCUT2D eigenvalue weighted by Gasteiger charge is 2.46. The van der Waals surface area contributed by atoms with E-state index >= 15 is 0 Å². The first-order valence-corrected chi connectivity index (χ1v) is 6.80. The van der Waals surface area contributed by atoms with Crippen LogP contribution in [-0.2, 0) is 11.0 Å². The van der Waals surface area contributed by atoms with Gasteiger partial charge in [0.15, 0.2) is 0 Å². The van der Waals surface area contributed by atoms with Crippen LogP contribution < -0.4 is 10.6 Å². The maximum absolute atomic E-state index is 13.0. The van der Waals surface area contributed by atoms with Gasteiger partial charge in [0.2, 0.25) is 5.91 Å². The van der Waals surface area contributed by atoms with Crippen molar-refractivity contribution in [3.8, 4) is 0 Å². The summed E-state index contributed by atoms with van der Waals surface area (Å²) in [6, 6.07) is 8.36. The van der Waals surface area contributed by atoms with Crippen molar-refractivity contribution in [2.75, 3.05) is 4.90 Å². The molecule has 2 N–H and O–H groups in total. The summed E-state index contributed by atoms with van der Waals surface area (Å²) in [6.45, 7) is 0. The first-order chi connectivity index (χ1) is 10.8. The van der Waals surface area contributed by atoms with E-state index in [1.807, 2.05) is 0 Å². The summed E-state index contributed by atoms with van der Waals surface area (Å²) < 4.78 is 50.8. The fraction of sp³-hybridized carbons (Fsp3) is 0.188. The Morgan fingerprint density at radius 1 is 0.957 bits per heavy atom. The second kappa shape index (κ2) is 5.34. The van der Waals surface area contributed by atoms with Gasteiger partial charge in [-0.25, -0.2) is 4.39 Å². The third-order valence-corrected chi connectivity index (χ3v) is 3.83. The van der Waals surface area contributed by atoms with Crippen molar-refractivity contribution in [1.29, 1.82) is 0 Å². The van der Waals surface area contributed by atoms with E-state index in [-0.39, 0.29) is 5.91 Å². The number of carbonyl (C=O) groups is 1. The predicted molar refractivity (Wildman–Crippen MR) is 76.0 cm³/mol. The van der Waals surface area contributed by atoms with E-state index in [9.17, 15) is 22.4 Å². The smallest absolute Gasteiger partial charge is 0.318 e.